The van der Waals surface area contributed by atoms with Gasteiger partial charge in [0, 0.05) is 6.54 Å². The molecule has 2 heterocycles. The lowest BCUT2D eigenvalue weighted by Crippen LogP contribution is -2.50. The van der Waals surface area contributed by atoms with Gasteiger partial charge < -0.3 is 5.84 Å². The van der Waals surface area contributed by atoms with Crippen molar-refractivity contribution in [2.75, 3.05) is 5.84 Å². The average molecular weight is 346 g/mol. The highest BCUT2D eigenvalue weighted by molar-refractivity contribution is 5.75. The van der Waals surface area contributed by atoms with E-state index in [1.165, 1.54) is 6.92 Å². The Bertz CT molecular complexity index is 788. The van der Waals surface area contributed by atoms with E-state index >= 15 is 0 Å². The molecule has 2 N–H and O–H groups in total. The Hall–Kier alpha value is -2.27. The number of alkyl halides is 7. The van der Waals surface area contributed by atoms with Crippen LogP contribution in [-0.2, 0) is 12.2 Å². The number of halogens is 7. The number of pyridine rings is 1. The normalized spacial score (nSPS) is 13.7. The van der Waals surface area contributed by atoms with Gasteiger partial charge in [0.1, 0.15) is 5.52 Å². The number of hydrogen-bond acceptors (Lipinski definition) is 3. The number of rotatable bonds is 2. The molecule has 0 aromatic carbocycles. The van der Waals surface area contributed by atoms with Crippen LogP contribution >= 0.6 is 0 Å². The number of nitrogens with zero attached hydrogens (tertiary/aromatic N) is 3. The zero-order valence-corrected chi connectivity index (χ0v) is 11.3. The fraction of sp³-hybridized carbons (Fsp3) is 0.455. The zero-order chi connectivity index (χ0) is 17.8. The molecule has 128 valence electrons. The lowest BCUT2D eigenvalue weighted by Gasteiger charge is -2.29. The van der Waals surface area contributed by atoms with Crippen molar-refractivity contribution in [3.05, 3.63) is 28.4 Å². The van der Waals surface area contributed by atoms with E-state index in [1.807, 2.05) is 0 Å². The van der Waals surface area contributed by atoms with Gasteiger partial charge >= 0.3 is 23.7 Å². The molecule has 0 saturated carbocycles. The van der Waals surface area contributed by atoms with Crippen molar-refractivity contribution in [1.29, 1.82) is 0 Å². The summed E-state index contributed by atoms with van der Waals surface area (Å²) in [5, 5.41) is 0. The second-order valence-electron chi connectivity index (χ2n) is 4.61. The fourth-order valence-corrected chi connectivity index (χ4v) is 2.12. The third-order valence-electron chi connectivity index (χ3n) is 3.30. The van der Waals surface area contributed by atoms with Crippen molar-refractivity contribution >= 4 is 11.0 Å². The highest BCUT2D eigenvalue weighted by Gasteiger charge is 2.74. The van der Waals surface area contributed by atoms with Crippen LogP contribution in [0.4, 0.5) is 30.7 Å². The molecule has 0 aliphatic carbocycles. The van der Waals surface area contributed by atoms with Crippen molar-refractivity contribution in [3.63, 3.8) is 0 Å². The van der Waals surface area contributed by atoms with Gasteiger partial charge in [0.05, 0.1) is 17.4 Å². The number of nitrogens with two attached hydrogens (primary N) is 1. The molecule has 0 aliphatic rings. The first-order valence-corrected chi connectivity index (χ1v) is 6.05. The topological polar surface area (TPSA) is 65.8 Å². The molecule has 5 nitrogen and oxygen atoms in total. The zero-order valence-electron chi connectivity index (χ0n) is 11.3. The Kier molecular flexibility index (Phi) is 3.61. The highest BCUT2D eigenvalue weighted by Crippen LogP contribution is 2.52. The van der Waals surface area contributed by atoms with E-state index < -0.39 is 29.4 Å². The van der Waals surface area contributed by atoms with E-state index in [-0.39, 0.29) is 23.6 Å². The molecular weight excluding hydrogens is 337 g/mol. The van der Waals surface area contributed by atoms with Crippen molar-refractivity contribution in [3.8, 4) is 0 Å². The SMILES string of the molecule is CCn1c(=O)n(N)c2cnc(C(F)(C(F)(F)F)C(F)(F)F)cc21. The second kappa shape index (κ2) is 4.86. The fourth-order valence-electron chi connectivity index (χ4n) is 2.12. The molecule has 0 spiro atoms. The molecule has 0 unspecified atom stereocenters. The maximum absolute atomic E-state index is 14.0. The van der Waals surface area contributed by atoms with Gasteiger partial charge in [-0.15, -0.1) is 0 Å². The van der Waals surface area contributed by atoms with E-state index in [0.29, 0.717) is 10.9 Å². The predicted octanol–water partition coefficient (Wildman–Crippen LogP) is 2.22. The molecule has 12 heteroatoms. The Balaban J connectivity index is 2.85. The summed E-state index contributed by atoms with van der Waals surface area (Å²) in [6.07, 6.45) is -12.1. The van der Waals surface area contributed by atoms with Crippen molar-refractivity contribution < 1.29 is 30.7 Å². The summed E-state index contributed by atoms with van der Waals surface area (Å²) >= 11 is 0. The predicted molar refractivity (Wildman–Crippen MR) is 64.7 cm³/mol. The van der Waals surface area contributed by atoms with Crippen LogP contribution in [-0.4, -0.2) is 26.6 Å². The van der Waals surface area contributed by atoms with Crippen LogP contribution in [0.5, 0.6) is 0 Å². The first-order chi connectivity index (χ1) is 10.4. The van der Waals surface area contributed by atoms with E-state index in [0.717, 1.165) is 4.57 Å². The summed E-state index contributed by atoms with van der Waals surface area (Å²) in [4.78, 5) is 14.6. The smallest absolute Gasteiger partial charge is 0.335 e. The number of fused-ring (bicyclic) bond motifs is 1. The molecule has 0 atom stereocenters. The molecule has 0 radical (unpaired) electrons. The molecule has 0 saturated heterocycles. The van der Waals surface area contributed by atoms with Crippen molar-refractivity contribution in [2.45, 2.75) is 31.5 Å². The van der Waals surface area contributed by atoms with E-state index in [9.17, 15) is 35.5 Å². The number of aryl methyl sites for hydroxylation is 1. The number of hydrogen-bond donors (Lipinski definition) is 1. The molecule has 2 aromatic heterocycles. The van der Waals surface area contributed by atoms with Crippen LogP contribution in [0.2, 0.25) is 0 Å². The van der Waals surface area contributed by atoms with Gasteiger partial charge in [-0.25, -0.2) is 13.9 Å². The van der Waals surface area contributed by atoms with Crippen LogP contribution in [0.25, 0.3) is 11.0 Å². The lowest BCUT2D eigenvalue weighted by atomic mass is 9.99. The van der Waals surface area contributed by atoms with Gasteiger partial charge in [-0.05, 0) is 13.0 Å². The molecule has 0 bridgehead atoms. The maximum Gasteiger partial charge on any atom is 0.437 e. The summed E-state index contributed by atoms with van der Waals surface area (Å²) in [7, 11) is 0. The standard InChI is InChI=1S/C11H9F7N4O/c1-2-21-5-3-7(20-4-6(5)22(19)8(21)23)9(12,10(13,14)15)11(16,17)18/h3-4H,2,19H2,1H3. The molecule has 0 fully saturated rings. The van der Waals surface area contributed by atoms with E-state index in [2.05, 4.69) is 4.98 Å². The quantitative estimate of drug-likeness (QED) is 0.670. The Labute approximate surface area is 123 Å². The minimum absolute atomic E-state index is 0.0969. The summed E-state index contributed by atoms with van der Waals surface area (Å²) in [6, 6.07) is 0.227. The van der Waals surface area contributed by atoms with E-state index in [1.54, 1.807) is 0 Å². The highest BCUT2D eigenvalue weighted by atomic mass is 19.4. The Morgan fingerprint density at radius 2 is 1.61 bits per heavy atom. The summed E-state index contributed by atoms with van der Waals surface area (Å²) in [5.41, 5.74) is -9.09. The van der Waals surface area contributed by atoms with Gasteiger partial charge in [-0.2, -0.15) is 26.3 Å². The van der Waals surface area contributed by atoms with Crippen molar-refractivity contribution in [1.82, 2.24) is 14.2 Å². The molecule has 23 heavy (non-hydrogen) atoms. The average Bonchev–Trinajstić information content (AvgIpc) is 2.66. The second-order valence-corrected chi connectivity index (χ2v) is 4.61. The van der Waals surface area contributed by atoms with Crippen LogP contribution in [0.1, 0.15) is 12.6 Å². The van der Waals surface area contributed by atoms with Gasteiger partial charge in [0.15, 0.2) is 0 Å². The summed E-state index contributed by atoms with van der Waals surface area (Å²) in [5.74, 6) is 5.35. The third-order valence-corrected chi connectivity index (χ3v) is 3.30. The molecule has 2 rings (SSSR count). The summed E-state index contributed by atoms with van der Waals surface area (Å²) < 4.78 is 91.6. The van der Waals surface area contributed by atoms with E-state index in [4.69, 9.17) is 5.84 Å². The number of imidazole rings is 1. The van der Waals surface area contributed by atoms with Crippen LogP contribution in [0.15, 0.2) is 17.1 Å². The van der Waals surface area contributed by atoms with Gasteiger partial charge in [0.25, 0.3) is 0 Å². The molecule has 0 aliphatic heterocycles. The molecule has 2 aromatic rings. The third kappa shape index (κ3) is 2.23. The Morgan fingerprint density at radius 1 is 1.09 bits per heavy atom. The largest absolute Gasteiger partial charge is 0.437 e. The minimum atomic E-state index is -6.28. The maximum atomic E-state index is 14.0. The van der Waals surface area contributed by atoms with Crippen LogP contribution < -0.4 is 11.5 Å². The first kappa shape index (κ1) is 17.1. The van der Waals surface area contributed by atoms with Gasteiger partial charge in [-0.3, -0.25) is 9.55 Å². The monoisotopic (exact) mass is 346 g/mol. The molecular formula is C11H9F7N4O. The number of aromatic nitrogens is 3. The Morgan fingerprint density at radius 3 is 2.04 bits per heavy atom. The molecule has 0 amide bonds. The summed E-state index contributed by atoms with van der Waals surface area (Å²) in [6.45, 7) is 1.32. The van der Waals surface area contributed by atoms with Gasteiger partial charge in [0.2, 0.25) is 0 Å². The first-order valence-electron chi connectivity index (χ1n) is 6.05. The van der Waals surface area contributed by atoms with Gasteiger partial charge in [-0.1, -0.05) is 0 Å². The minimum Gasteiger partial charge on any atom is -0.335 e. The van der Waals surface area contributed by atoms with Crippen LogP contribution in [0, 0.1) is 0 Å². The van der Waals surface area contributed by atoms with Crippen LogP contribution in [0.3, 0.4) is 0 Å². The number of nitrogen functional groups attached to an aromatic ring is 1. The lowest BCUT2D eigenvalue weighted by molar-refractivity contribution is -0.349. The van der Waals surface area contributed by atoms with Crippen molar-refractivity contribution in [2.24, 2.45) is 0 Å².